The molecule has 0 spiro atoms. The van der Waals surface area contributed by atoms with Gasteiger partial charge in [0.1, 0.15) is 18.9 Å². The van der Waals surface area contributed by atoms with Crippen molar-refractivity contribution in [3.63, 3.8) is 0 Å². The van der Waals surface area contributed by atoms with Gasteiger partial charge in [-0.15, -0.1) is 0 Å². The topological polar surface area (TPSA) is 127 Å². The quantitative estimate of drug-likeness (QED) is 0.534. The summed E-state index contributed by atoms with van der Waals surface area (Å²) in [7, 11) is 0. The van der Waals surface area contributed by atoms with E-state index < -0.39 is 16.2 Å². The molecule has 0 aliphatic rings. The number of aromatic amines is 2. The summed E-state index contributed by atoms with van der Waals surface area (Å²) < 4.78 is 1.21. The number of nitrogens with one attached hydrogen (secondary N) is 2. The molecule has 0 atom stereocenters. The van der Waals surface area contributed by atoms with E-state index in [2.05, 4.69) is 9.97 Å². The van der Waals surface area contributed by atoms with Gasteiger partial charge in [0.15, 0.2) is 0 Å². The Bertz CT molecular complexity index is 639. The van der Waals surface area contributed by atoms with E-state index in [1.54, 1.807) is 0 Å². The van der Waals surface area contributed by atoms with Crippen LogP contribution in [0.2, 0.25) is 0 Å². The first-order chi connectivity index (χ1) is 8.06. The SMILES string of the molecule is O=c1cc(Cn2ccnc2[N+](=O)[O-])[nH]c(=O)[nH]1. The molecule has 2 heterocycles. The predicted molar refractivity (Wildman–Crippen MR) is 55.7 cm³/mol. The van der Waals surface area contributed by atoms with E-state index >= 15 is 0 Å². The zero-order chi connectivity index (χ0) is 12.4. The summed E-state index contributed by atoms with van der Waals surface area (Å²) in [5.41, 5.74) is -0.957. The average Bonchev–Trinajstić information content (AvgIpc) is 2.63. The molecule has 0 bridgehead atoms. The van der Waals surface area contributed by atoms with Gasteiger partial charge in [-0.2, -0.15) is 0 Å². The summed E-state index contributed by atoms with van der Waals surface area (Å²) in [6.07, 6.45) is 2.65. The highest BCUT2D eigenvalue weighted by Gasteiger charge is 2.14. The Morgan fingerprint density at radius 1 is 1.41 bits per heavy atom. The maximum atomic E-state index is 11.0. The molecule has 17 heavy (non-hydrogen) atoms. The highest BCUT2D eigenvalue weighted by atomic mass is 16.6. The number of aromatic nitrogens is 4. The summed E-state index contributed by atoms with van der Waals surface area (Å²) >= 11 is 0. The van der Waals surface area contributed by atoms with Gasteiger partial charge < -0.3 is 15.1 Å². The lowest BCUT2D eigenvalue weighted by atomic mass is 10.4. The summed E-state index contributed by atoms with van der Waals surface area (Å²) in [4.78, 5) is 39.9. The van der Waals surface area contributed by atoms with Gasteiger partial charge >= 0.3 is 11.6 Å². The van der Waals surface area contributed by atoms with Crippen molar-refractivity contribution < 1.29 is 4.92 Å². The molecule has 0 radical (unpaired) electrons. The zero-order valence-electron chi connectivity index (χ0n) is 8.41. The Labute approximate surface area is 92.9 Å². The number of H-pyrrole nitrogens is 2. The minimum atomic E-state index is -0.657. The summed E-state index contributed by atoms with van der Waals surface area (Å²) in [5.74, 6) is -0.355. The van der Waals surface area contributed by atoms with Crippen LogP contribution in [-0.4, -0.2) is 24.4 Å². The van der Waals surface area contributed by atoms with Gasteiger partial charge in [-0.3, -0.25) is 9.78 Å². The lowest BCUT2D eigenvalue weighted by molar-refractivity contribution is -0.396. The molecule has 2 aromatic rings. The monoisotopic (exact) mass is 237 g/mol. The van der Waals surface area contributed by atoms with Crippen molar-refractivity contribution in [3.05, 3.63) is 55.1 Å². The molecule has 0 aliphatic heterocycles. The second-order valence-corrected chi connectivity index (χ2v) is 3.23. The van der Waals surface area contributed by atoms with Gasteiger partial charge in [0.25, 0.3) is 5.56 Å². The molecule has 0 fully saturated rings. The molecule has 0 aliphatic carbocycles. The summed E-state index contributed by atoms with van der Waals surface area (Å²) in [6.45, 7) is -0.00449. The Morgan fingerprint density at radius 3 is 2.82 bits per heavy atom. The van der Waals surface area contributed by atoms with E-state index in [4.69, 9.17) is 0 Å². The van der Waals surface area contributed by atoms with E-state index in [1.165, 1.54) is 17.0 Å². The fourth-order valence-electron chi connectivity index (χ4n) is 1.38. The van der Waals surface area contributed by atoms with E-state index in [1.807, 2.05) is 4.98 Å². The molecule has 9 nitrogen and oxygen atoms in total. The summed E-state index contributed by atoms with van der Waals surface area (Å²) in [6, 6.07) is 1.16. The number of hydrogen-bond acceptors (Lipinski definition) is 5. The molecule has 0 unspecified atom stereocenters. The summed E-state index contributed by atoms with van der Waals surface area (Å²) in [5, 5.41) is 10.6. The van der Waals surface area contributed by atoms with E-state index in [0.29, 0.717) is 0 Å². The van der Waals surface area contributed by atoms with Crippen LogP contribution in [0.1, 0.15) is 5.69 Å². The average molecular weight is 237 g/mol. The molecule has 2 aromatic heterocycles. The predicted octanol–water partition coefficient (Wildman–Crippen LogP) is -0.784. The third-order valence-electron chi connectivity index (χ3n) is 2.01. The molecule has 0 aromatic carbocycles. The van der Waals surface area contributed by atoms with Crippen LogP contribution >= 0.6 is 0 Å². The fraction of sp³-hybridized carbons (Fsp3) is 0.125. The second kappa shape index (κ2) is 4.04. The van der Waals surface area contributed by atoms with Crippen molar-refractivity contribution in [1.82, 2.24) is 19.5 Å². The van der Waals surface area contributed by atoms with E-state index in [-0.39, 0.29) is 18.2 Å². The van der Waals surface area contributed by atoms with Crippen LogP contribution in [0.3, 0.4) is 0 Å². The first-order valence-electron chi connectivity index (χ1n) is 4.54. The standard InChI is InChI=1S/C8H7N5O4/c14-6-3-5(10-7(15)11-6)4-12-2-1-9-8(12)13(16)17/h1-3H,4H2,(H2,10,11,14,15). The highest BCUT2D eigenvalue weighted by molar-refractivity contribution is 5.10. The molecular weight excluding hydrogens is 230 g/mol. The largest absolute Gasteiger partial charge is 0.434 e. The van der Waals surface area contributed by atoms with Crippen LogP contribution in [0.15, 0.2) is 28.0 Å². The van der Waals surface area contributed by atoms with Crippen molar-refractivity contribution in [2.24, 2.45) is 0 Å². The first-order valence-corrected chi connectivity index (χ1v) is 4.54. The maximum Gasteiger partial charge on any atom is 0.434 e. The Hall–Kier alpha value is -2.71. The van der Waals surface area contributed by atoms with Crippen LogP contribution in [0.5, 0.6) is 0 Å². The number of imidazole rings is 1. The molecule has 9 heteroatoms. The lowest BCUT2D eigenvalue weighted by Crippen LogP contribution is -2.23. The van der Waals surface area contributed by atoms with Crippen molar-refractivity contribution in [3.8, 4) is 0 Å². The number of nitro groups is 1. The zero-order valence-corrected chi connectivity index (χ0v) is 8.41. The van der Waals surface area contributed by atoms with Crippen LogP contribution in [0.4, 0.5) is 5.95 Å². The fourth-order valence-corrected chi connectivity index (χ4v) is 1.38. The highest BCUT2D eigenvalue weighted by Crippen LogP contribution is 2.08. The second-order valence-electron chi connectivity index (χ2n) is 3.23. The molecule has 2 rings (SSSR count). The van der Waals surface area contributed by atoms with Crippen molar-refractivity contribution in [2.75, 3.05) is 0 Å². The molecular formula is C8H7N5O4. The molecule has 0 saturated carbocycles. The van der Waals surface area contributed by atoms with Gasteiger partial charge in [0.05, 0.1) is 5.69 Å². The Balaban J connectivity index is 2.38. The normalized spacial score (nSPS) is 10.4. The third-order valence-corrected chi connectivity index (χ3v) is 2.01. The van der Waals surface area contributed by atoms with Gasteiger partial charge in [0.2, 0.25) is 0 Å². The van der Waals surface area contributed by atoms with E-state index in [9.17, 15) is 19.7 Å². The van der Waals surface area contributed by atoms with Gasteiger partial charge in [-0.05, 0) is 4.92 Å². The minimum Gasteiger partial charge on any atom is -0.390 e. The Kier molecular flexibility index (Phi) is 2.57. The lowest BCUT2D eigenvalue weighted by Gasteiger charge is -2.00. The van der Waals surface area contributed by atoms with Gasteiger partial charge in [0, 0.05) is 6.07 Å². The van der Waals surface area contributed by atoms with Crippen LogP contribution in [-0.2, 0) is 6.54 Å². The number of nitrogens with zero attached hydrogens (tertiary/aromatic N) is 3. The first kappa shape index (κ1) is 10.8. The number of rotatable bonds is 3. The van der Waals surface area contributed by atoms with Crippen molar-refractivity contribution >= 4 is 5.95 Å². The third kappa shape index (κ3) is 2.27. The van der Waals surface area contributed by atoms with E-state index in [0.717, 1.165) is 6.07 Å². The van der Waals surface area contributed by atoms with Gasteiger partial charge in [-0.25, -0.2) is 9.36 Å². The molecule has 0 amide bonds. The van der Waals surface area contributed by atoms with Crippen LogP contribution in [0.25, 0.3) is 0 Å². The van der Waals surface area contributed by atoms with Crippen LogP contribution in [0, 0.1) is 10.1 Å². The van der Waals surface area contributed by atoms with Crippen molar-refractivity contribution in [1.29, 1.82) is 0 Å². The maximum absolute atomic E-state index is 11.0. The molecule has 88 valence electrons. The smallest absolute Gasteiger partial charge is 0.390 e. The van der Waals surface area contributed by atoms with Gasteiger partial charge in [-0.1, -0.05) is 4.98 Å². The van der Waals surface area contributed by atoms with Crippen molar-refractivity contribution in [2.45, 2.75) is 6.54 Å². The van der Waals surface area contributed by atoms with Crippen LogP contribution < -0.4 is 11.2 Å². The minimum absolute atomic E-state index is 0.00449. The molecule has 0 saturated heterocycles. The number of hydrogen-bond donors (Lipinski definition) is 2. The Morgan fingerprint density at radius 2 is 2.18 bits per heavy atom. The molecule has 2 N–H and O–H groups in total.